The molecule has 0 radical (unpaired) electrons. The van der Waals surface area contributed by atoms with Crippen LogP contribution >= 0.6 is 11.3 Å². The van der Waals surface area contributed by atoms with Gasteiger partial charge in [-0.3, -0.25) is 4.79 Å². The van der Waals surface area contributed by atoms with E-state index in [9.17, 15) is 27.1 Å². The molecule has 2 unspecified atom stereocenters. The highest BCUT2D eigenvalue weighted by Gasteiger charge is 2.38. The molecule has 0 amide bonds. The van der Waals surface area contributed by atoms with E-state index < -0.39 is 27.6 Å². The van der Waals surface area contributed by atoms with Crippen molar-refractivity contribution < 1.29 is 27.1 Å². The topological polar surface area (TPSA) is 90.8 Å². The van der Waals surface area contributed by atoms with Crippen LogP contribution in [-0.4, -0.2) is 68.1 Å². The molecule has 7 nitrogen and oxygen atoms in total. The van der Waals surface area contributed by atoms with Crippen molar-refractivity contribution in [1.82, 2.24) is 4.98 Å². The molecule has 196 valence electrons. The zero-order valence-electron chi connectivity index (χ0n) is 20.0. The summed E-state index contributed by atoms with van der Waals surface area (Å²) in [5.41, 5.74) is 2.62. The molecule has 36 heavy (non-hydrogen) atoms. The van der Waals surface area contributed by atoms with E-state index in [2.05, 4.69) is 4.90 Å². The number of carbonyl (C=O) groups is 1. The van der Waals surface area contributed by atoms with Crippen molar-refractivity contribution in [3.8, 4) is 10.4 Å². The number of benzene rings is 1. The number of sulfone groups is 1. The number of thiazole rings is 1. The third-order valence-corrected chi connectivity index (χ3v) is 10.5. The Morgan fingerprint density at radius 3 is 2.28 bits per heavy atom. The van der Waals surface area contributed by atoms with Gasteiger partial charge < -0.3 is 14.9 Å². The van der Waals surface area contributed by atoms with Crippen molar-refractivity contribution in [3.63, 3.8) is 0 Å². The number of hydrogen-bond acceptors (Lipinski definition) is 7. The lowest BCUT2D eigenvalue weighted by molar-refractivity contribution is -0.143. The second-order valence-electron chi connectivity index (χ2n) is 10.1. The highest BCUT2D eigenvalue weighted by atomic mass is 32.2. The van der Waals surface area contributed by atoms with Crippen molar-refractivity contribution in [2.45, 2.75) is 50.4 Å². The summed E-state index contributed by atoms with van der Waals surface area (Å²) >= 11 is 1.45. The summed E-state index contributed by atoms with van der Waals surface area (Å²) in [6.07, 6.45) is 2.75. The Kier molecular flexibility index (Phi) is 6.97. The number of anilines is 2. The summed E-state index contributed by atoms with van der Waals surface area (Å²) in [4.78, 5) is 21.8. The Labute approximate surface area is 214 Å². The molecule has 5 rings (SSSR count). The highest BCUT2D eigenvalue weighted by Crippen LogP contribution is 2.46. The van der Waals surface area contributed by atoms with Crippen LogP contribution in [0.25, 0.3) is 10.4 Å². The van der Waals surface area contributed by atoms with Crippen LogP contribution in [0.5, 0.6) is 0 Å². The summed E-state index contributed by atoms with van der Waals surface area (Å²) in [7, 11) is -2.97. The molecule has 0 bridgehead atoms. The average Bonchev–Trinajstić information content (AvgIpc) is 3.29. The molecule has 2 saturated heterocycles. The first-order valence-electron chi connectivity index (χ1n) is 12.5. The van der Waals surface area contributed by atoms with Crippen LogP contribution in [0.15, 0.2) is 24.3 Å². The number of aromatic nitrogens is 1. The van der Waals surface area contributed by atoms with Crippen LogP contribution in [0.4, 0.5) is 19.6 Å². The minimum Gasteiger partial charge on any atom is -0.481 e. The number of carboxylic acids is 1. The maximum atomic E-state index is 13.8. The molecule has 1 aromatic carbocycles. The van der Waals surface area contributed by atoms with Crippen molar-refractivity contribution in [1.29, 1.82) is 0 Å². The number of aliphatic carboxylic acids is 1. The zero-order valence-corrected chi connectivity index (χ0v) is 21.7. The van der Waals surface area contributed by atoms with Crippen molar-refractivity contribution >= 4 is 38.0 Å². The molecular weight excluding hydrogens is 508 g/mol. The van der Waals surface area contributed by atoms with E-state index in [1.165, 1.54) is 11.3 Å². The van der Waals surface area contributed by atoms with E-state index in [0.29, 0.717) is 24.6 Å². The normalized spacial score (nSPS) is 26.1. The summed E-state index contributed by atoms with van der Waals surface area (Å²) < 4.78 is 51.1. The Hall–Kier alpha value is -2.27. The molecule has 1 N–H and O–H groups in total. The van der Waals surface area contributed by atoms with Gasteiger partial charge in [-0.05, 0) is 30.5 Å². The number of hydrogen-bond donors (Lipinski definition) is 1. The molecule has 2 aromatic rings. The number of carboxylic acid groups (broad SMARTS) is 1. The molecule has 0 spiro atoms. The lowest BCUT2D eigenvalue weighted by Gasteiger charge is -2.31. The predicted molar refractivity (Wildman–Crippen MR) is 137 cm³/mol. The van der Waals surface area contributed by atoms with E-state index in [1.54, 1.807) is 0 Å². The van der Waals surface area contributed by atoms with Gasteiger partial charge in [0.1, 0.15) is 0 Å². The van der Waals surface area contributed by atoms with Gasteiger partial charge in [0.25, 0.3) is 5.92 Å². The van der Waals surface area contributed by atoms with Crippen molar-refractivity contribution in [2.75, 3.05) is 47.5 Å². The summed E-state index contributed by atoms with van der Waals surface area (Å²) in [6.45, 7) is 1.37. The molecule has 11 heteroatoms. The molecule has 2 aliphatic heterocycles. The lowest BCUT2D eigenvalue weighted by atomic mass is 9.77. The smallest absolute Gasteiger partial charge is 0.307 e. The van der Waals surface area contributed by atoms with E-state index in [0.717, 1.165) is 41.1 Å². The number of piperidine rings is 1. The maximum Gasteiger partial charge on any atom is 0.307 e. The number of nitrogens with zero attached hydrogens (tertiary/aromatic N) is 3. The molecule has 3 heterocycles. The van der Waals surface area contributed by atoms with Crippen LogP contribution in [0, 0.1) is 5.92 Å². The molecular formula is C25H31F2N3O4S2. The van der Waals surface area contributed by atoms with Gasteiger partial charge in [-0.2, -0.15) is 0 Å². The Balaban J connectivity index is 1.46. The van der Waals surface area contributed by atoms with Gasteiger partial charge >= 0.3 is 5.97 Å². The Morgan fingerprint density at radius 1 is 1.00 bits per heavy atom. The second kappa shape index (κ2) is 9.89. The fourth-order valence-corrected chi connectivity index (χ4v) is 7.88. The number of halogens is 2. The second-order valence-corrected chi connectivity index (χ2v) is 13.4. The zero-order chi connectivity index (χ0) is 25.5. The van der Waals surface area contributed by atoms with Crippen molar-refractivity contribution in [2.24, 2.45) is 5.92 Å². The first kappa shape index (κ1) is 25.4. The third kappa shape index (κ3) is 5.37. The first-order chi connectivity index (χ1) is 17.1. The quantitative estimate of drug-likeness (QED) is 0.592. The molecule has 1 saturated carbocycles. The third-order valence-electron chi connectivity index (χ3n) is 7.68. The van der Waals surface area contributed by atoms with Gasteiger partial charge in [-0.15, -0.1) is 0 Å². The fourth-order valence-electron chi connectivity index (χ4n) is 5.49. The van der Waals surface area contributed by atoms with Crippen LogP contribution in [0.3, 0.4) is 0 Å². The summed E-state index contributed by atoms with van der Waals surface area (Å²) in [5, 5.41) is 10.6. The van der Waals surface area contributed by atoms with Gasteiger partial charge in [-0.1, -0.05) is 36.3 Å². The summed E-state index contributed by atoms with van der Waals surface area (Å²) in [5.74, 6) is -3.90. The van der Waals surface area contributed by atoms with Crippen molar-refractivity contribution in [3.05, 3.63) is 30.0 Å². The standard InChI is InChI=1S/C25H31F2N3O4S2/c26-25(27)9-11-30(12-10-25)24-28-21(19-3-1-2-4-20(19)23(31)32)22(35-24)17-5-7-18(8-6-17)29-13-15-36(33,34)16-14-29/h5-8,19-20H,1-4,9-16H2,(H,31,32). The van der Waals surface area contributed by atoms with Crippen LogP contribution < -0.4 is 9.80 Å². The molecule has 1 aliphatic carbocycles. The summed E-state index contributed by atoms with van der Waals surface area (Å²) in [6, 6.07) is 7.88. The first-order valence-corrected chi connectivity index (χ1v) is 15.2. The van der Waals surface area contributed by atoms with Gasteiger partial charge in [0.2, 0.25) is 0 Å². The lowest BCUT2D eigenvalue weighted by Crippen LogP contribution is -2.40. The molecule has 2 atom stereocenters. The van der Waals surface area contributed by atoms with Crippen LogP contribution in [0.1, 0.15) is 50.1 Å². The number of alkyl halides is 2. The van der Waals surface area contributed by atoms with Crippen LogP contribution in [0.2, 0.25) is 0 Å². The van der Waals surface area contributed by atoms with E-state index in [4.69, 9.17) is 4.98 Å². The molecule has 3 fully saturated rings. The molecule has 1 aromatic heterocycles. The van der Waals surface area contributed by atoms with E-state index in [1.807, 2.05) is 29.2 Å². The maximum absolute atomic E-state index is 13.8. The fraction of sp³-hybridized carbons (Fsp3) is 0.600. The van der Waals surface area contributed by atoms with Gasteiger partial charge in [-0.25, -0.2) is 22.2 Å². The predicted octanol–water partition coefficient (Wildman–Crippen LogP) is 4.64. The van der Waals surface area contributed by atoms with Gasteiger partial charge in [0, 0.05) is 50.6 Å². The highest BCUT2D eigenvalue weighted by molar-refractivity contribution is 7.91. The monoisotopic (exact) mass is 539 g/mol. The number of rotatable bonds is 5. The average molecular weight is 540 g/mol. The van der Waals surface area contributed by atoms with Gasteiger partial charge in [0.05, 0.1) is 28.0 Å². The minimum atomic E-state index is -2.97. The van der Waals surface area contributed by atoms with Crippen LogP contribution in [-0.2, 0) is 14.6 Å². The SMILES string of the molecule is O=C(O)C1CCCCC1c1nc(N2CCC(F)(F)CC2)sc1-c1ccc(N2CCS(=O)(=O)CC2)cc1. The minimum absolute atomic E-state index is 0.143. The van der Waals surface area contributed by atoms with E-state index >= 15 is 0 Å². The van der Waals surface area contributed by atoms with E-state index in [-0.39, 0.29) is 43.4 Å². The largest absolute Gasteiger partial charge is 0.481 e. The Bertz CT molecular complexity index is 1190. The van der Waals surface area contributed by atoms with Gasteiger partial charge in [0.15, 0.2) is 15.0 Å². The Morgan fingerprint density at radius 2 is 1.64 bits per heavy atom. The molecule has 3 aliphatic rings.